The Balaban J connectivity index is 4.10. The molecule has 318 valence electrons. The molecule has 0 aliphatic heterocycles. The van der Waals surface area contributed by atoms with Gasteiger partial charge in [0.2, 0.25) is 0 Å². The van der Waals surface area contributed by atoms with E-state index in [0.717, 1.165) is 32.1 Å². The fourth-order valence-corrected chi connectivity index (χ4v) is 7.38. The average Bonchev–Trinajstić information content (AvgIpc) is 3.15. The maximum atomic E-state index is 12.6. The van der Waals surface area contributed by atoms with Crippen molar-refractivity contribution in [3.63, 3.8) is 0 Å². The Morgan fingerprint density at radius 2 is 0.849 bits per heavy atom. The molecule has 0 saturated carbocycles. The lowest BCUT2D eigenvalue weighted by Gasteiger charge is -2.20. The molecule has 0 aliphatic carbocycles. The topological polar surface area (TPSA) is 132 Å². The first-order valence-corrected chi connectivity index (χ1v) is 24.0. The van der Waals surface area contributed by atoms with Crippen LogP contribution < -0.4 is 0 Å². The van der Waals surface area contributed by atoms with Gasteiger partial charge in [-0.2, -0.15) is 0 Å². The summed E-state index contributed by atoms with van der Waals surface area (Å²) in [5, 5.41) is 18.3. The molecule has 3 atom stereocenters. The Morgan fingerprint density at radius 3 is 1.23 bits per heavy atom. The Morgan fingerprint density at radius 1 is 0.509 bits per heavy atom. The highest BCUT2D eigenvalue weighted by Gasteiger charge is 2.26. The van der Waals surface area contributed by atoms with Gasteiger partial charge in [0.25, 0.3) is 0 Å². The van der Waals surface area contributed by atoms with Crippen molar-refractivity contribution in [2.45, 2.75) is 238 Å². The van der Waals surface area contributed by atoms with Gasteiger partial charge in [-0.3, -0.25) is 13.8 Å². The largest absolute Gasteiger partial charge is 0.472 e. The highest BCUT2D eigenvalue weighted by Crippen LogP contribution is 2.43. The summed E-state index contributed by atoms with van der Waals surface area (Å²) < 4.78 is 33.4. The van der Waals surface area contributed by atoms with E-state index in [2.05, 4.69) is 13.8 Å². The molecular weight excluding hydrogens is 691 g/mol. The lowest BCUT2D eigenvalue weighted by atomic mass is 10.0. The molecular formula is C43H87O9P. The van der Waals surface area contributed by atoms with E-state index in [1.54, 1.807) is 0 Å². The number of carbonyl (C=O) groups excluding carboxylic acids is 1. The zero-order valence-corrected chi connectivity index (χ0v) is 35.7. The Kier molecular flexibility index (Phi) is 40.7. The SMILES string of the molecule is CCCCCCCCCCCCCCCCCCOCC(COP(=O)(O)OCC(O)CO)OC(=O)CCCCCCCCCCCCCCCCCC. The van der Waals surface area contributed by atoms with Crippen molar-refractivity contribution in [2.24, 2.45) is 0 Å². The van der Waals surface area contributed by atoms with Gasteiger partial charge in [0.05, 0.1) is 26.4 Å². The number of aliphatic hydroxyl groups excluding tert-OH is 2. The standard InChI is InChI=1S/C43H87O9P/c1-3-5-7-9-11-13-15-17-19-21-23-25-27-29-31-33-35-43(46)52-42(40-51-53(47,48)50-38-41(45)37-44)39-49-36-34-32-30-28-26-24-22-20-18-16-14-12-10-8-6-4-2/h41-42,44-45H,3-40H2,1-2H3,(H,47,48). The summed E-state index contributed by atoms with van der Waals surface area (Å²) in [5.41, 5.74) is 0. The van der Waals surface area contributed by atoms with Crippen molar-refractivity contribution in [3.8, 4) is 0 Å². The summed E-state index contributed by atoms with van der Waals surface area (Å²) in [4.78, 5) is 22.6. The summed E-state index contributed by atoms with van der Waals surface area (Å²) in [7, 11) is -4.51. The minimum Gasteiger partial charge on any atom is -0.457 e. The first-order chi connectivity index (χ1) is 25.8. The molecule has 0 radical (unpaired) electrons. The second-order valence-electron chi connectivity index (χ2n) is 15.4. The van der Waals surface area contributed by atoms with Gasteiger partial charge >= 0.3 is 13.8 Å². The number of phosphoric ester groups is 1. The van der Waals surface area contributed by atoms with Crippen LogP contribution in [0.4, 0.5) is 0 Å². The lowest BCUT2D eigenvalue weighted by Crippen LogP contribution is -2.29. The van der Waals surface area contributed by atoms with E-state index in [-0.39, 0.29) is 25.6 Å². The van der Waals surface area contributed by atoms with Crippen molar-refractivity contribution < 1.29 is 43.0 Å². The van der Waals surface area contributed by atoms with E-state index in [1.165, 1.54) is 173 Å². The molecule has 0 bridgehead atoms. The smallest absolute Gasteiger partial charge is 0.457 e. The first kappa shape index (κ1) is 52.5. The number of ether oxygens (including phenoxy) is 2. The van der Waals surface area contributed by atoms with Crippen molar-refractivity contribution in [2.75, 3.05) is 33.0 Å². The van der Waals surface area contributed by atoms with Gasteiger partial charge in [-0.05, 0) is 12.8 Å². The van der Waals surface area contributed by atoms with Crippen LogP contribution in [-0.4, -0.2) is 66.3 Å². The molecule has 0 aromatic heterocycles. The molecule has 0 amide bonds. The second-order valence-corrected chi connectivity index (χ2v) is 16.9. The van der Waals surface area contributed by atoms with Gasteiger partial charge in [-0.1, -0.05) is 206 Å². The van der Waals surface area contributed by atoms with Crippen molar-refractivity contribution >= 4 is 13.8 Å². The van der Waals surface area contributed by atoms with Crippen LogP contribution in [0.5, 0.6) is 0 Å². The van der Waals surface area contributed by atoms with Crippen molar-refractivity contribution in [3.05, 3.63) is 0 Å². The lowest BCUT2D eigenvalue weighted by molar-refractivity contribution is -0.154. The number of rotatable bonds is 44. The fraction of sp³-hybridized carbons (Fsp3) is 0.977. The molecule has 0 saturated heterocycles. The number of esters is 1. The zero-order chi connectivity index (χ0) is 38.9. The average molecular weight is 779 g/mol. The number of aliphatic hydroxyl groups is 2. The highest BCUT2D eigenvalue weighted by molar-refractivity contribution is 7.47. The molecule has 0 aromatic carbocycles. The predicted octanol–water partition coefficient (Wildman–Crippen LogP) is 12.3. The molecule has 0 spiro atoms. The van der Waals surface area contributed by atoms with Crippen LogP contribution in [0.1, 0.15) is 226 Å². The normalized spacial score (nSPS) is 14.0. The van der Waals surface area contributed by atoms with Crippen LogP contribution in [0.3, 0.4) is 0 Å². The van der Waals surface area contributed by atoms with Crippen molar-refractivity contribution in [1.82, 2.24) is 0 Å². The van der Waals surface area contributed by atoms with Gasteiger partial charge in [0.1, 0.15) is 12.2 Å². The van der Waals surface area contributed by atoms with E-state index in [9.17, 15) is 19.4 Å². The first-order valence-electron chi connectivity index (χ1n) is 22.5. The van der Waals surface area contributed by atoms with Gasteiger partial charge < -0.3 is 24.6 Å². The molecule has 0 heterocycles. The maximum Gasteiger partial charge on any atom is 0.472 e. The minimum absolute atomic E-state index is 0.0582. The molecule has 10 heteroatoms. The van der Waals surface area contributed by atoms with E-state index in [4.69, 9.17) is 23.6 Å². The minimum atomic E-state index is -4.51. The molecule has 0 rings (SSSR count). The van der Waals surface area contributed by atoms with Crippen LogP contribution in [0.25, 0.3) is 0 Å². The fourth-order valence-electron chi connectivity index (χ4n) is 6.59. The van der Waals surface area contributed by atoms with Crippen LogP contribution in [0.2, 0.25) is 0 Å². The number of phosphoric acid groups is 1. The molecule has 3 unspecified atom stereocenters. The summed E-state index contributed by atoms with van der Waals surface area (Å²) in [5.74, 6) is -0.376. The number of unbranched alkanes of at least 4 members (excludes halogenated alkanes) is 30. The zero-order valence-electron chi connectivity index (χ0n) is 34.8. The third kappa shape index (κ3) is 40.9. The number of hydrogen-bond donors (Lipinski definition) is 3. The highest BCUT2D eigenvalue weighted by atomic mass is 31.2. The van der Waals surface area contributed by atoms with Gasteiger partial charge in [0.15, 0.2) is 0 Å². The summed E-state index contributed by atoms with van der Waals surface area (Å²) in [6.45, 7) is 3.58. The molecule has 0 fully saturated rings. The van der Waals surface area contributed by atoms with Crippen LogP contribution in [-0.2, 0) is 27.9 Å². The van der Waals surface area contributed by atoms with E-state index >= 15 is 0 Å². The number of carbonyl (C=O) groups is 1. The van der Waals surface area contributed by atoms with Crippen LogP contribution in [0, 0.1) is 0 Å². The van der Waals surface area contributed by atoms with E-state index in [1.807, 2.05) is 0 Å². The Hall–Kier alpha value is -0.540. The Bertz CT molecular complexity index is 800. The number of hydrogen-bond acceptors (Lipinski definition) is 8. The molecule has 0 aliphatic rings. The molecule has 53 heavy (non-hydrogen) atoms. The molecule has 3 N–H and O–H groups in total. The van der Waals surface area contributed by atoms with Gasteiger partial charge in [-0.25, -0.2) is 4.57 Å². The third-order valence-electron chi connectivity index (χ3n) is 10.0. The van der Waals surface area contributed by atoms with Gasteiger partial charge in [-0.15, -0.1) is 0 Å². The second kappa shape index (κ2) is 41.1. The summed E-state index contributed by atoms with van der Waals surface area (Å²) >= 11 is 0. The quantitative estimate of drug-likeness (QED) is 0.0314. The third-order valence-corrected chi connectivity index (χ3v) is 11.0. The maximum absolute atomic E-state index is 12.6. The molecule has 0 aromatic rings. The van der Waals surface area contributed by atoms with Gasteiger partial charge in [0, 0.05) is 13.0 Å². The van der Waals surface area contributed by atoms with E-state index in [0.29, 0.717) is 6.61 Å². The van der Waals surface area contributed by atoms with E-state index < -0.39 is 33.2 Å². The van der Waals surface area contributed by atoms with Crippen LogP contribution in [0.15, 0.2) is 0 Å². The van der Waals surface area contributed by atoms with Crippen LogP contribution >= 0.6 is 7.82 Å². The monoisotopic (exact) mass is 779 g/mol. The summed E-state index contributed by atoms with van der Waals surface area (Å²) in [6.07, 6.45) is 39.1. The summed E-state index contributed by atoms with van der Waals surface area (Å²) in [6, 6.07) is 0. The predicted molar refractivity (Wildman–Crippen MR) is 219 cm³/mol. The Labute approximate surface area is 327 Å². The molecule has 9 nitrogen and oxygen atoms in total. The van der Waals surface area contributed by atoms with Crippen molar-refractivity contribution in [1.29, 1.82) is 0 Å².